The second-order valence-corrected chi connectivity index (χ2v) is 3.07. The Hall–Kier alpha value is 1.62. The first-order valence-corrected chi connectivity index (χ1v) is 3.02. The SMILES string of the molecule is OCSC(=S)[S-].[Na+]. The molecule has 0 aromatic carbocycles. The molecule has 1 N–H and O–H groups in total. The van der Waals surface area contributed by atoms with Crippen LogP contribution in [-0.4, -0.2) is 14.6 Å². The molecular formula is C2H3NaOS3. The molecule has 0 heterocycles. The Morgan fingerprint density at radius 2 is 2.29 bits per heavy atom. The zero-order chi connectivity index (χ0) is 4.99. The summed E-state index contributed by atoms with van der Waals surface area (Å²) >= 11 is 9.91. The van der Waals surface area contributed by atoms with Crippen LogP contribution in [0.5, 0.6) is 0 Å². The van der Waals surface area contributed by atoms with Crippen molar-refractivity contribution < 1.29 is 34.7 Å². The Morgan fingerprint density at radius 3 is 2.29 bits per heavy atom. The molecule has 0 rings (SSSR count). The van der Waals surface area contributed by atoms with Crippen LogP contribution < -0.4 is 29.6 Å². The fraction of sp³-hybridized carbons (Fsp3) is 0.500. The van der Waals surface area contributed by atoms with Crippen molar-refractivity contribution in [2.24, 2.45) is 0 Å². The number of aliphatic hydroxyl groups excluding tert-OH is 1. The van der Waals surface area contributed by atoms with E-state index in [1.54, 1.807) is 0 Å². The van der Waals surface area contributed by atoms with Crippen molar-refractivity contribution in [2.45, 2.75) is 0 Å². The van der Waals surface area contributed by atoms with Gasteiger partial charge in [0, 0.05) is 0 Å². The fourth-order valence-corrected chi connectivity index (χ4v) is 0.474. The van der Waals surface area contributed by atoms with Gasteiger partial charge in [-0.15, -0.1) is 11.8 Å². The van der Waals surface area contributed by atoms with Gasteiger partial charge in [-0.1, -0.05) is 3.53 Å². The van der Waals surface area contributed by atoms with Crippen LogP contribution >= 0.6 is 24.0 Å². The molecule has 0 spiro atoms. The molecule has 0 saturated carbocycles. The summed E-state index contributed by atoms with van der Waals surface area (Å²) in [5.41, 5.74) is 0. The monoisotopic (exact) mass is 162 g/mol. The minimum Gasteiger partial charge on any atom is -0.422 e. The molecule has 0 aromatic rings. The minimum absolute atomic E-state index is 0. The summed E-state index contributed by atoms with van der Waals surface area (Å²) in [5.74, 6) is 0.00231. The van der Waals surface area contributed by atoms with E-state index in [9.17, 15) is 0 Å². The van der Waals surface area contributed by atoms with E-state index in [0.717, 1.165) is 11.8 Å². The Labute approximate surface area is 79.9 Å². The molecule has 0 aliphatic carbocycles. The fourth-order valence-electron chi connectivity index (χ4n) is 0.0527. The van der Waals surface area contributed by atoms with Crippen molar-refractivity contribution in [3.63, 3.8) is 0 Å². The zero-order valence-electron chi connectivity index (χ0n) is 3.88. The number of thioether (sulfide) groups is 1. The van der Waals surface area contributed by atoms with Gasteiger partial charge in [0.2, 0.25) is 0 Å². The molecule has 0 saturated heterocycles. The van der Waals surface area contributed by atoms with Crippen molar-refractivity contribution >= 4 is 40.1 Å². The van der Waals surface area contributed by atoms with Gasteiger partial charge in [-0.05, 0) is 0 Å². The number of hydrogen-bond acceptors (Lipinski definition) is 4. The quantitative estimate of drug-likeness (QED) is 0.199. The first kappa shape index (κ1) is 11.4. The summed E-state index contributed by atoms with van der Waals surface area (Å²) in [7, 11) is 0. The first-order chi connectivity index (χ1) is 2.77. The van der Waals surface area contributed by atoms with E-state index >= 15 is 0 Å². The van der Waals surface area contributed by atoms with Crippen molar-refractivity contribution in [3.8, 4) is 0 Å². The van der Waals surface area contributed by atoms with E-state index < -0.39 is 0 Å². The summed E-state index contributed by atoms with van der Waals surface area (Å²) in [5, 5.41) is 8.05. The van der Waals surface area contributed by atoms with Gasteiger partial charge in [-0.25, -0.2) is 0 Å². The Kier molecular flexibility index (Phi) is 12.4. The van der Waals surface area contributed by atoms with Gasteiger partial charge in [-0.2, -0.15) is 0 Å². The molecule has 36 valence electrons. The maximum Gasteiger partial charge on any atom is 1.00 e. The minimum atomic E-state index is 0. The molecule has 0 radical (unpaired) electrons. The normalized spacial score (nSPS) is 7.00. The van der Waals surface area contributed by atoms with Crippen LogP contribution in [0, 0.1) is 0 Å². The Balaban J connectivity index is 0. The maximum absolute atomic E-state index is 8.05. The van der Waals surface area contributed by atoms with E-state index in [1.165, 1.54) is 0 Å². The van der Waals surface area contributed by atoms with E-state index in [1.807, 2.05) is 0 Å². The predicted molar refractivity (Wildman–Crippen MR) is 34.6 cm³/mol. The average Bonchev–Trinajstić information content (AvgIpc) is 1.35. The van der Waals surface area contributed by atoms with Crippen molar-refractivity contribution in [3.05, 3.63) is 0 Å². The third-order valence-corrected chi connectivity index (χ3v) is 1.25. The van der Waals surface area contributed by atoms with Crippen molar-refractivity contribution in [2.75, 3.05) is 5.94 Å². The largest absolute Gasteiger partial charge is 1.00 e. The Bertz CT molecular complexity index is 56.9. The molecule has 0 bridgehead atoms. The Morgan fingerprint density at radius 1 is 1.86 bits per heavy atom. The summed E-state index contributed by atoms with van der Waals surface area (Å²) < 4.78 is 0.373. The van der Waals surface area contributed by atoms with Gasteiger partial charge in [0.15, 0.2) is 0 Å². The van der Waals surface area contributed by atoms with Crippen LogP contribution in [0.15, 0.2) is 0 Å². The molecule has 0 unspecified atom stereocenters. The van der Waals surface area contributed by atoms with Crippen LogP contribution in [0.4, 0.5) is 0 Å². The molecule has 0 aliphatic heterocycles. The molecule has 0 aromatic heterocycles. The summed E-state index contributed by atoms with van der Waals surface area (Å²) in [6.45, 7) is 0. The van der Waals surface area contributed by atoms with Crippen LogP contribution in [0.2, 0.25) is 0 Å². The second-order valence-electron chi connectivity index (χ2n) is 0.523. The number of hydrogen-bond donors (Lipinski definition) is 1. The van der Waals surface area contributed by atoms with Crippen LogP contribution in [0.3, 0.4) is 0 Å². The van der Waals surface area contributed by atoms with Gasteiger partial charge < -0.3 is 30.0 Å². The maximum atomic E-state index is 8.05. The summed E-state index contributed by atoms with van der Waals surface area (Å²) in [4.78, 5) is 0. The molecule has 7 heavy (non-hydrogen) atoms. The molecule has 1 nitrogen and oxygen atoms in total. The summed E-state index contributed by atoms with van der Waals surface area (Å²) in [6.07, 6.45) is 0. The smallest absolute Gasteiger partial charge is 0.422 e. The number of thiocarbonyl (C=S) groups is 1. The third-order valence-electron chi connectivity index (χ3n) is 0.182. The van der Waals surface area contributed by atoms with Gasteiger partial charge in [-0.3, -0.25) is 0 Å². The molecule has 0 atom stereocenters. The molecule has 0 aliphatic rings. The molecule has 5 heteroatoms. The topological polar surface area (TPSA) is 20.2 Å². The second kappa shape index (κ2) is 7.62. The van der Waals surface area contributed by atoms with Gasteiger partial charge >= 0.3 is 29.6 Å². The molecular weight excluding hydrogens is 159 g/mol. The van der Waals surface area contributed by atoms with Gasteiger partial charge in [0.1, 0.15) is 0 Å². The van der Waals surface area contributed by atoms with Crippen LogP contribution in [-0.2, 0) is 12.6 Å². The van der Waals surface area contributed by atoms with E-state index in [4.69, 9.17) is 5.11 Å². The van der Waals surface area contributed by atoms with Crippen molar-refractivity contribution in [1.29, 1.82) is 0 Å². The third kappa shape index (κ3) is 11.3. The number of rotatable bonds is 1. The van der Waals surface area contributed by atoms with Crippen molar-refractivity contribution in [1.82, 2.24) is 0 Å². The molecule has 0 amide bonds. The van der Waals surface area contributed by atoms with E-state index in [0.29, 0.717) is 3.53 Å². The van der Waals surface area contributed by atoms with E-state index in [2.05, 4.69) is 24.8 Å². The van der Waals surface area contributed by atoms with Gasteiger partial charge in [0.25, 0.3) is 0 Å². The average molecular weight is 162 g/mol. The van der Waals surface area contributed by atoms with Crippen LogP contribution in [0.25, 0.3) is 0 Å². The molecule has 0 fully saturated rings. The van der Waals surface area contributed by atoms with Crippen LogP contribution in [0.1, 0.15) is 0 Å². The van der Waals surface area contributed by atoms with Gasteiger partial charge in [0.05, 0.1) is 5.94 Å². The number of aliphatic hydroxyl groups is 1. The first-order valence-electron chi connectivity index (χ1n) is 1.22. The standard InChI is InChI=1S/C2H4OS3.Na/c3-1-6-2(4)5;/h3H,1H2,(H,4,5);/q;+1/p-1. The summed E-state index contributed by atoms with van der Waals surface area (Å²) in [6, 6.07) is 0. The zero-order valence-corrected chi connectivity index (χ0v) is 8.33. The predicted octanol–water partition coefficient (Wildman–Crippen LogP) is -2.49. The van der Waals surface area contributed by atoms with E-state index in [-0.39, 0.29) is 35.5 Å².